The Kier molecular flexibility index (Phi) is 21.4. The molecule has 7 N–H and O–H groups in total. The molecule has 472 valence electrons. The molecule has 0 amide bonds. The molecular weight excluding hydrogens is 1210 g/mol. The van der Waals surface area contributed by atoms with Crippen molar-refractivity contribution in [3.8, 4) is 11.1 Å². The molecular formula is C71H78N4O11S4. The van der Waals surface area contributed by atoms with Crippen molar-refractivity contribution in [1.29, 1.82) is 0 Å². The van der Waals surface area contributed by atoms with Crippen molar-refractivity contribution in [3.05, 3.63) is 245 Å². The van der Waals surface area contributed by atoms with E-state index < -0.39 is 46.8 Å². The maximum Gasteiger partial charge on any atom is 0.296 e. The number of aryl methyl sites for hydroxylation is 1. The van der Waals surface area contributed by atoms with Gasteiger partial charge in [0.25, 0.3) is 20.2 Å². The van der Waals surface area contributed by atoms with Gasteiger partial charge >= 0.3 is 0 Å². The van der Waals surface area contributed by atoms with Gasteiger partial charge in [0.2, 0.25) is 0 Å². The summed E-state index contributed by atoms with van der Waals surface area (Å²) in [4.78, 5) is 10.0. The van der Waals surface area contributed by atoms with Crippen molar-refractivity contribution in [3.63, 3.8) is 0 Å². The van der Waals surface area contributed by atoms with Crippen molar-refractivity contribution in [2.75, 3.05) is 19.0 Å². The summed E-state index contributed by atoms with van der Waals surface area (Å²) in [6, 6.07) is 48.6. The summed E-state index contributed by atoms with van der Waals surface area (Å²) in [6.45, 7) is 11.2. The van der Waals surface area contributed by atoms with Crippen LogP contribution in [-0.4, -0.2) is 74.8 Å². The van der Waals surface area contributed by atoms with Gasteiger partial charge in [0, 0.05) is 52.8 Å². The van der Waals surface area contributed by atoms with Crippen LogP contribution in [0.5, 0.6) is 0 Å². The number of hydrogen-bond donors (Lipinski definition) is 7. The van der Waals surface area contributed by atoms with Gasteiger partial charge in [-0.3, -0.25) is 18.7 Å². The lowest BCUT2D eigenvalue weighted by Crippen LogP contribution is -2.19. The summed E-state index contributed by atoms with van der Waals surface area (Å²) in [5.41, 5.74) is 12.6. The Labute approximate surface area is 532 Å². The number of allylic oxidation sites excluding steroid dienone is 6. The van der Waals surface area contributed by atoms with E-state index in [0.29, 0.717) is 30.4 Å². The maximum absolute atomic E-state index is 12.9. The Morgan fingerprint density at radius 3 is 1.73 bits per heavy atom. The largest absolute Gasteiger partial charge is 0.385 e. The predicted octanol–water partition coefficient (Wildman–Crippen LogP) is 16.9. The standard InChI is InChI=1S/C71H78N4O11S4/c1-8-9-39-72-61-29-37-69(49(4)41-61)75-64-30-38-70(50(5)42-64)74-63-12-10-11-62(46-63)73-60-27-19-53(20-28-60)58(40-48(3)51-21-31-65(32-22-51)87(7,76)77)43-59(54-23-33-66(34-24-54)88(78,79)80)44-68(56-25-35-67(36-26-56)90(84,85)86-6)55-17-15-52(16-18-55)57-14-13-47(2)71(45-57)89(81,82)83/h10-38,41-42,45-46,48-50,58-59,68,72-73,81-83H,7-9,39-40,43-44H2,1-6H3,(H,76,77)(H,78,79,80). The molecule has 0 saturated heterocycles. The van der Waals surface area contributed by atoms with Crippen LogP contribution in [0.3, 0.4) is 0 Å². The molecule has 90 heavy (non-hydrogen) atoms. The van der Waals surface area contributed by atoms with Gasteiger partial charge in [-0.15, -0.1) is 0 Å². The van der Waals surface area contributed by atoms with Crippen molar-refractivity contribution >= 4 is 75.3 Å². The van der Waals surface area contributed by atoms with E-state index in [1.54, 1.807) is 55.5 Å². The summed E-state index contributed by atoms with van der Waals surface area (Å²) in [5.74, 6) is 2.66. The summed E-state index contributed by atoms with van der Waals surface area (Å²) in [5, 5.41) is 7.08. The molecule has 0 spiro atoms. The Hall–Kier alpha value is -7.53. The molecule has 0 radical (unpaired) electrons. The maximum atomic E-state index is 12.9. The highest BCUT2D eigenvalue weighted by atomic mass is 32.3. The number of anilines is 2. The molecule has 0 fully saturated rings. The third-order valence-corrected chi connectivity index (χ3v) is 20.8. The van der Waals surface area contributed by atoms with Crippen molar-refractivity contribution in [2.45, 2.75) is 110 Å². The highest BCUT2D eigenvalue weighted by Gasteiger charge is 2.29. The van der Waals surface area contributed by atoms with Crippen LogP contribution in [0.25, 0.3) is 11.1 Å². The molecule has 2 aliphatic carbocycles. The Morgan fingerprint density at radius 2 is 1.13 bits per heavy atom. The second-order valence-corrected chi connectivity index (χ2v) is 29.6. The molecule has 7 unspecified atom stereocenters. The van der Waals surface area contributed by atoms with Crippen LogP contribution < -0.4 is 10.6 Å². The highest BCUT2D eigenvalue weighted by Crippen LogP contribution is 2.48. The van der Waals surface area contributed by atoms with Gasteiger partial charge in [0.05, 0.1) is 38.1 Å². The van der Waals surface area contributed by atoms with E-state index in [4.69, 9.17) is 14.2 Å². The van der Waals surface area contributed by atoms with Crippen molar-refractivity contribution in [2.24, 2.45) is 21.8 Å². The van der Waals surface area contributed by atoms with Crippen LogP contribution in [0.15, 0.2) is 241 Å². The first-order chi connectivity index (χ1) is 42.7. The molecule has 19 heteroatoms. The van der Waals surface area contributed by atoms with Gasteiger partial charge in [-0.2, -0.15) is 16.8 Å². The fourth-order valence-corrected chi connectivity index (χ4v) is 14.0. The molecule has 7 aromatic carbocycles. The van der Waals surface area contributed by atoms with E-state index in [0.717, 1.165) is 99.8 Å². The van der Waals surface area contributed by atoms with Gasteiger partial charge in [-0.05, 0) is 204 Å². The Bertz CT molecular complexity index is 4230. The molecule has 0 saturated carbocycles. The molecule has 0 aromatic heterocycles. The van der Waals surface area contributed by atoms with Crippen LogP contribution in [0.1, 0.15) is 117 Å². The minimum atomic E-state index is -4.55. The van der Waals surface area contributed by atoms with Gasteiger partial charge in [-0.1, -0.05) is 131 Å². The quantitative estimate of drug-likeness (QED) is 0.0122. The third-order valence-electron chi connectivity index (χ3n) is 16.6. The summed E-state index contributed by atoms with van der Waals surface area (Å²) in [6.07, 6.45) is 16.4. The first kappa shape index (κ1) is 66.9. The third kappa shape index (κ3) is 17.3. The summed E-state index contributed by atoms with van der Waals surface area (Å²) < 4.78 is 119. The fourth-order valence-electron chi connectivity index (χ4n) is 11.6. The average Bonchev–Trinajstić information content (AvgIpc) is 0.961. The van der Waals surface area contributed by atoms with Crippen LogP contribution in [0.4, 0.5) is 17.1 Å². The van der Waals surface area contributed by atoms with E-state index in [2.05, 4.69) is 80.6 Å². The number of rotatable bonds is 25. The van der Waals surface area contributed by atoms with Crippen LogP contribution >= 0.6 is 10.9 Å². The lowest BCUT2D eigenvalue weighted by atomic mass is 9.74. The lowest BCUT2D eigenvalue weighted by Gasteiger charge is -2.30. The number of hydrogen-bond acceptors (Lipinski definition) is 13. The zero-order valence-electron chi connectivity index (χ0n) is 51.2. The number of nitrogens with zero attached hydrogens (tertiary/aromatic N) is 2. The number of aliphatic imine (C=N–C) groups is 2. The molecule has 2 aliphatic rings. The SMILES string of the molecule is C=S(=O)(O)c1ccc(C(C)CC(CC(CC(c2ccc(-c3ccc(C)c(S(O)(O)O)c3)cc2)c2ccc(S(=O)(=O)OC)cc2)c2ccc(S(=O)(=O)O)cc2)c2ccc(Nc3cccc(N=C4C=CC(N=C5C=CC(NCCCC)=CC5C)=CC4C)c3)cc2)cc1. The van der Waals surface area contributed by atoms with E-state index in [1.165, 1.54) is 24.3 Å². The first-order valence-corrected chi connectivity index (χ1v) is 35.9. The topological polar surface area (TPSA) is 245 Å². The van der Waals surface area contributed by atoms with E-state index >= 15 is 0 Å². The van der Waals surface area contributed by atoms with Crippen molar-refractivity contribution in [1.82, 2.24) is 5.32 Å². The van der Waals surface area contributed by atoms with Gasteiger partial charge in [0.1, 0.15) is 20.7 Å². The average molecular weight is 1290 g/mol. The monoisotopic (exact) mass is 1290 g/mol. The van der Waals surface area contributed by atoms with Gasteiger partial charge < -0.3 is 28.8 Å². The molecule has 7 atom stereocenters. The smallest absolute Gasteiger partial charge is 0.296 e. The molecule has 9 rings (SSSR count). The van der Waals surface area contributed by atoms with Crippen molar-refractivity contribution < 1.29 is 48.0 Å². The van der Waals surface area contributed by atoms with Crippen LogP contribution in [-0.2, 0) is 34.2 Å². The molecule has 0 aliphatic heterocycles. The zero-order chi connectivity index (χ0) is 64.5. The predicted molar refractivity (Wildman–Crippen MR) is 366 cm³/mol. The van der Waals surface area contributed by atoms with Crippen LogP contribution in [0.2, 0.25) is 0 Å². The molecule has 0 bridgehead atoms. The van der Waals surface area contributed by atoms with E-state index in [9.17, 15) is 43.8 Å². The normalized spacial score (nSPS) is 18.5. The fraction of sp³-hybridized carbons (Fsp3) is 0.254. The van der Waals surface area contributed by atoms with E-state index in [-0.39, 0.29) is 49.2 Å². The number of nitrogens with one attached hydrogen (secondary N) is 2. The number of benzene rings is 7. The summed E-state index contributed by atoms with van der Waals surface area (Å²) >= 11 is 0. The molecule has 15 nitrogen and oxygen atoms in total. The summed E-state index contributed by atoms with van der Waals surface area (Å²) in [7, 11) is -15.0. The second kappa shape index (κ2) is 28.7. The molecule has 7 aromatic rings. The Balaban J connectivity index is 1.03. The zero-order valence-corrected chi connectivity index (χ0v) is 54.4. The minimum Gasteiger partial charge on any atom is -0.385 e. The van der Waals surface area contributed by atoms with Gasteiger partial charge in [-0.25, -0.2) is 4.21 Å². The number of unbranched alkanes of at least 4 members (excludes halogenated alkanes) is 1. The van der Waals surface area contributed by atoms with Crippen LogP contribution in [0, 0.1) is 18.8 Å². The lowest BCUT2D eigenvalue weighted by molar-refractivity contribution is 0.375. The molecule has 0 heterocycles. The van der Waals surface area contributed by atoms with Gasteiger partial charge in [0.15, 0.2) is 0 Å². The Morgan fingerprint density at radius 1 is 0.578 bits per heavy atom. The minimum absolute atomic E-state index is 0.0133. The van der Waals surface area contributed by atoms with E-state index in [1.807, 2.05) is 91.0 Å². The highest BCUT2D eigenvalue weighted by molar-refractivity contribution is 8.19. The first-order valence-electron chi connectivity index (χ1n) is 29.8. The second-order valence-electron chi connectivity index (χ2n) is 23.2.